The molecule has 1 N–H and O–H groups in total. The minimum absolute atomic E-state index is 0.639. The third-order valence-corrected chi connectivity index (χ3v) is 3.83. The molecule has 0 aliphatic rings. The molecule has 0 saturated heterocycles. The van der Waals surface area contributed by atoms with Gasteiger partial charge in [0.25, 0.3) is 0 Å². The summed E-state index contributed by atoms with van der Waals surface area (Å²) in [5.74, 6) is 0. The average molecular weight is 263 g/mol. The second kappa shape index (κ2) is 10.8. The molecule has 1 heterocycles. The van der Waals surface area contributed by atoms with Crippen LogP contribution in [-0.4, -0.2) is 4.98 Å². The second-order valence-corrected chi connectivity index (χ2v) is 5.49. The Hall–Kier alpha value is -1.05. The van der Waals surface area contributed by atoms with Crippen LogP contribution in [0.3, 0.4) is 0 Å². The summed E-state index contributed by atoms with van der Waals surface area (Å²) in [5.41, 5.74) is 0. The lowest BCUT2D eigenvalue weighted by Gasteiger charge is -2.12. The van der Waals surface area contributed by atoms with Gasteiger partial charge in [-0.3, -0.25) is 4.98 Å². The van der Waals surface area contributed by atoms with Crippen molar-refractivity contribution in [2.75, 3.05) is 0 Å². The van der Waals surface area contributed by atoms with Crippen molar-refractivity contribution in [1.29, 1.82) is 0 Å². The third kappa shape index (κ3) is 7.19. The highest BCUT2D eigenvalue weighted by Crippen LogP contribution is 2.17. The van der Waals surface area contributed by atoms with Gasteiger partial charge in [0.15, 0.2) is 0 Å². The molecule has 0 bridgehead atoms. The number of aromatic amines is 1. The van der Waals surface area contributed by atoms with Gasteiger partial charge in [-0.15, -0.1) is 6.58 Å². The van der Waals surface area contributed by atoms with E-state index in [1.165, 1.54) is 57.8 Å². The molecule has 1 unspecified atom stereocenters. The zero-order chi connectivity index (χ0) is 13.8. The van der Waals surface area contributed by atoms with Crippen LogP contribution in [0.1, 0.15) is 77.2 Å². The van der Waals surface area contributed by atoms with Crippen molar-refractivity contribution < 1.29 is 4.57 Å². The number of rotatable bonds is 12. The molecule has 19 heavy (non-hydrogen) atoms. The number of aromatic nitrogens is 2. The number of hydrogen-bond donors (Lipinski definition) is 1. The van der Waals surface area contributed by atoms with Crippen LogP contribution >= 0.6 is 0 Å². The lowest BCUT2D eigenvalue weighted by molar-refractivity contribution is -0.723. The molecule has 1 atom stereocenters. The van der Waals surface area contributed by atoms with E-state index in [4.69, 9.17) is 0 Å². The molecule has 2 nitrogen and oxygen atoms in total. The first kappa shape index (κ1) is 16.0. The zero-order valence-electron chi connectivity index (χ0n) is 12.6. The first-order valence-corrected chi connectivity index (χ1v) is 8.03. The maximum absolute atomic E-state index is 3.84. The molecule has 0 aliphatic heterocycles. The van der Waals surface area contributed by atoms with Gasteiger partial charge >= 0.3 is 0 Å². The Morgan fingerprint density at radius 3 is 2.47 bits per heavy atom. The maximum Gasteiger partial charge on any atom is 0.241 e. The number of unbranched alkanes of at least 4 members (excludes halogenated alkanes) is 6. The Morgan fingerprint density at radius 2 is 1.84 bits per heavy atom. The highest BCUT2D eigenvalue weighted by Gasteiger charge is 2.13. The Balaban J connectivity index is 2.16. The molecule has 0 amide bonds. The number of nitrogens with one attached hydrogen (secondary N) is 1. The molecule has 0 radical (unpaired) electrons. The molecule has 108 valence electrons. The van der Waals surface area contributed by atoms with Crippen molar-refractivity contribution >= 4 is 0 Å². The highest BCUT2D eigenvalue weighted by molar-refractivity contribution is 4.69. The van der Waals surface area contributed by atoms with Gasteiger partial charge in [-0.05, 0) is 25.7 Å². The Morgan fingerprint density at radius 1 is 1.11 bits per heavy atom. The van der Waals surface area contributed by atoms with E-state index in [0.29, 0.717) is 6.04 Å². The number of allylic oxidation sites excluding steroid dienone is 1. The Bertz CT molecular complexity index is 303. The first-order valence-electron chi connectivity index (χ1n) is 8.03. The lowest BCUT2D eigenvalue weighted by atomic mass is 10.0. The van der Waals surface area contributed by atoms with Crippen molar-refractivity contribution in [3.8, 4) is 0 Å². The van der Waals surface area contributed by atoms with E-state index < -0.39 is 0 Å². The summed E-state index contributed by atoms with van der Waals surface area (Å²) in [7, 11) is 0. The van der Waals surface area contributed by atoms with Gasteiger partial charge < -0.3 is 0 Å². The molecule has 1 rings (SSSR count). The fourth-order valence-electron chi connectivity index (χ4n) is 2.62. The van der Waals surface area contributed by atoms with E-state index >= 15 is 0 Å². The fourth-order valence-corrected chi connectivity index (χ4v) is 2.62. The SMILES string of the molecule is C=CCCC(CCCCCCCCC)[n+]1cc[nH]c1. The van der Waals surface area contributed by atoms with Gasteiger partial charge in [-0.25, -0.2) is 4.57 Å². The fraction of sp³-hybridized carbons (Fsp3) is 0.706. The number of H-pyrrole nitrogens is 1. The van der Waals surface area contributed by atoms with Crippen molar-refractivity contribution in [3.05, 3.63) is 31.4 Å². The average Bonchev–Trinajstić information content (AvgIpc) is 2.95. The molecule has 1 aromatic rings. The van der Waals surface area contributed by atoms with Crippen LogP contribution in [0.4, 0.5) is 0 Å². The first-order chi connectivity index (χ1) is 9.38. The van der Waals surface area contributed by atoms with Crippen LogP contribution in [0.5, 0.6) is 0 Å². The Labute approximate surface area is 118 Å². The molecule has 2 heteroatoms. The van der Waals surface area contributed by atoms with Crippen molar-refractivity contribution in [2.24, 2.45) is 0 Å². The van der Waals surface area contributed by atoms with Crippen LogP contribution in [0, 0.1) is 0 Å². The minimum atomic E-state index is 0.639. The summed E-state index contributed by atoms with van der Waals surface area (Å²) in [6, 6.07) is 0.639. The van der Waals surface area contributed by atoms with Gasteiger partial charge in [-0.2, -0.15) is 0 Å². The van der Waals surface area contributed by atoms with E-state index in [0.717, 1.165) is 6.42 Å². The van der Waals surface area contributed by atoms with E-state index in [1.807, 2.05) is 12.3 Å². The number of nitrogens with zero attached hydrogens (tertiary/aromatic N) is 1. The predicted octanol–water partition coefficient (Wildman–Crippen LogP) is 4.95. The monoisotopic (exact) mass is 263 g/mol. The molecule has 0 fully saturated rings. The summed E-state index contributed by atoms with van der Waals surface area (Å²) in [4.78, 5) is 3.15. The van der Waals surface area contributed by atoms with Gasteiger partial charge in [0.2, 0.25) is 6.33 Å². The molecule has 0 spiro atoms. The topological polar surface area (TPSA) is 19.7 Å². The van der Waals surface area contributed by atoms with E-state index in [1.54, 1.807) is 0 Å². The van der Waals surface area contributed by atoms with Crippen LogP contribution in [0.15, 0.2) is 31.4 Å². The summed E-state index contributed by atoms with van der Waals surface area (Å²) in [6.45, 7) is 6.11. The maximum atomic E-state index is 3.84. The van der Waals surface area contributed by atoms with E-state index in [9.17, 15) is 0 Å². The molecule has 0 aromatic carbocycles. The Kier molecular flexibility index (Phi) is 9.13. The smallest absolute Gasteiger partial charge is 0.241 e. The van der Waals surface area contributed by atoms with Gasteiger partial charge in [0.05, 0.1) is 0 Å². The van der Waals surface area contributed by atoms with E-state index in [2.05, 4.69) is 35.6 Å². The predicted molar refractivity (Wildman–Crippen MR) is 82.1 cm³/mol. The normalized spacial score (nSPS) is 12.5. The van der Waals surface area contributed by atoms with Crippen LogP contribution in [0.25, 0.3) is 0 Å². The summed E-state index contributed by atoms with van der Waals surface area (Å²) >= 11 is 0. The number of imidazole rings is 1. The van der Waals surface area contributed by atoms with Crippen molar-refractivity contribution in [3.63, 3.8) is 0 Å². The van der Waals surface area contributed by atoms with Gasteiger partial charge in [0, 0.05) is 0 Å². The minimum Gasteiger partial charge on any atom is -0.250 e. The quantitative estimate of drug-likeness (QED) is 0.313. The standard InChI is InChI=1S/C17H30N2/c1-3-5-7-8-9-10-11-13-17(12-6-4-2)19-15-14-18-16-19/h4,14-17H,2-3,5-13H2,1H3/p+1. The molecule has 1 aromatic heterocycles. The van der Waals surface area contributed by atoms with Crippen molar-refractivity contribution in [1.82, 2.24) is 4.98 Å². The zero-order valence-corrected chi connectivity index (χ0v) is 12.6. The van der Waals surface area contributed by atoms with Gasteiger partial charge in [0.1, 0.15) is 18.4 Å². The molecular formula is C17H31N2+. The van der Waals surface area contributed by atoms with Crippen LogP contribution in [-0.2, 0) is 0 Å². The molecular weight excluding hydrogens is 232 g/mol. The summed E-state index contributed by atoms with van der Waals surface area (Å²) in [5, 5.41) is 0. The summed E-state index contributed by atoms with van der Waals surface area (Å²) in [6.07, 6.45) is 21.6. The summed E-state index contributed by atoms with van der Waals surface area (Å²) < 4.78 is 2.32. The van der Waals surface area contributed by atoms with Gasteiger partial charge in [-0.1, -0.05) is 51.5 Å². The molecule has 0 saturated carbocycles. The third-order valence-electron chi connectivity index (χ3n) is 3.83. The lowest BCUT2D eigenvalue weighted by Crippen LogP contribution is -2.36. The second-order valence-electron chi connectivity index (χ2n) is 5.49. The van der Waals surface area contributed by atoms with E-state index in [-0.39, 0.29) is 0 Å². The number of hydrogen-bond acceptors (Lipinski definition) is 0. The van der Waals surface area contributed by atoms with Crippen LogP contribution < -0.4 is 4.57 Å². The largest absolute Gasteiger partial charge is 0.250 e. The van der Waals surface area contributed by atoms with Crippen LogP contribution in [0.2, 0.25) is 0 Å². The highest BCUT2D eigenvalue weighted by atomic mass is 15.0. The molecule has 0 aliphatic carbocycles. The van der Waals surface area contributed by atoms with Crippen molar-refractivity contribution in [2.45, 2.75) is 77.2 Å².